The summed E-state index contributed by atoms with van der Waals surface area (Å²) in [6, 6.07) is 7.93. The molecule has 1 heterocycles. The van der Waals surface area contributed by atoms with Crippen LogP contribution in [-0.2, 0) is 0 Å². The fourth-order valence-corrected chi connectivity index (χ4v) is 3.96. The van der Waals surface area contributed by atoms with Crippen molar-refractivity contribution in [1.29, 1.82) is 0 Å². The van der Waals surface area contributed by atoms with Crippen molar-refractivity contribution in [2.75, 3.05) is 5.32 Å². The van der Waals surface area contributed by atoms with Crippen LogP contribution in [0.2, 0.25) is 0 Å². The quantitative estimate of drug-likeness (QED) is 0.905. The Morgan fingerprint density at radius 1 is 1.19 bits per heavy atom. The van der Waals surface area contributed by atoms with Gasteiger partial charge in [0.25, 0.3) is 0 Å². The summed E-state index contributed by atoms with van der Waals surface area (Å²) < 4.78 is 0. The van der Waals surface area contributed by atoms with Crippen LogP contribution in [0.4, 0.5) is 5.69 Å². The number of anilines is 1. The molecular weight excluding hydrogens is 266 g/mol. The molecule has 0 amide bonds. The van der Waals surface area contributed by atoms with Gasteiger partial charge in [0.15, 0.2) is 5.69 Å². The van der Waals surface area contributed by atoms with Gasteiger partial charge in [-0.05, 0) is 37.2 Å². The zero-order valence-corrected chi connectivity index (χ0v) is 11.6. The van der Waals surface area contributed by atoms with Crippen LogP contribution in [0.15, 0.2) is 24.3 Å². The highest BCUT2D eigenvalue weighted by molar-refractivity contribution is 6.02. The van der Waals surface area contributed by atoms with Crippen LogP contribution in [0.5, 0.6) is 0 Å². The van der Waals surface area contributed by atoms with Gasteiger partial charge >= 0.3 is 5.97 Å². The normalized spacial score (nSPS) is 27.1. The third-order valence-corrected chi connectivity index (χ3v) is 4.94. The van der Waals surface area contributed by atoms with Gasteiger partial charge in [-0.1, -0.05) is 24.6 Å². The molecule has 5 heteroatoms. The van der Waals surface area contributed by atoms with E-state index in [0.717, 1.165) is 23.2 Å². The highest BCUT2D eigenvalue weighted by atomic mass is 16.4. The molecule has 2 aromatic rings. The Morgan fingerprint density at radius 2 is 2.05 bits per heavy atom. The molecule has 2 N–H and O–H groups in total. The predicted molar refractivity (Wildman–Crippen MR) is 79.4 cm³/mol. The zero-order chi connectivity index (χ0) is 14.4. The Labute approximate surface area is 122 Å². The van der Waals surface area contributed by atoms with Crippen molar-refractivity contribution in [2.24, 2.45) is 11.8 Å². The third-order valence-electron chi connectivity index (χ3n) is 4.94. The minimum atomic E-state index is -1.03. The van der Waals surface area contributed by atoms with E-state index in [1.54, 1.807) is 0 Å². The standard InChI is InChI=1S/C16H17N3O2/c20-16(21)15-14(11-3-1-2-4-12(11)18-19-15)17-13-8-9-5-6-10(13)7-9/h1-4,9-10,13H,5-8H2,(H,17,18)(H,20,21). The number of fused-ring (bicyclic) bond motifs is 3. The number of aromatic nitrogens is 2. The first-order chi connectivity index (χ1) is 10.2. The molecular formula is C16H17N3O2. The molecule has 0 spiro atoms. The number of hydrogen-bond donors (Lipinski definition) is 2. The van der Waals surface area contributed by atoms with Gasteiger partial charge in [0.05, 0.1) is 11.2 Å². The van der Waals surface area contributed by atoms with Gasteiger partial charge in [-0.15, -0.1) is 10.2 Å². The fourth-order valence-electron chi connectivity index (χ4n) is 3.96. The summed E-state index contributed by atoms with van der Waals surface area (Å²) in [6.45, 7) is 0. The van der Waals surface area contributed by atoms with Crippen LogP contribution in [-0.4, -0.2) is 27.3 Å². The number of benzene rings is 1. The van der Waals surface area contributed by atoms with E-state index in [-0.39, 0.29) is 5.69 Å². The first kappa shape index (κ1) is 12.6. The third kappa shape index (κ3) is 2.04. The zero-order valence-electron chi connectivity index (χ0n) is 11.6. The summed E-state index contributed by atoms with van der Waals surface area (Å²) in [5, 5.41) is 21.6. The van der Waals surface area contributed by atoms with Gasteiger partial charge < -0.3 is 10.4 Å². The molecule has 108 valence electrons. The van der Waals surface area contributed by atoms with Crippen LogP contribution >= 0.6 is 0 Å². The number of hydrogen-bond acceptors (Lipinski definition) is 4. The van der Waals surface area contributed by atoms with Crippen molar-refractivity contribution in [2.45, 2.75) is 31.7 Å². The number of nitrogens with zero attached hydrogens (tertiary/aromatic N) is 2. The Balaban J connectivity index is 1.78. The number of carboxylic acids is 1. The molecule has 2 aliphatic carbocycles. The maximum absolute atomic E-state index is 11.5. The molecule has 0 saturated heterocycles. The topological polar surface area (TPSA) is 75.1 Å². The van der Waals surface area contributed by atoms with Gasteiger partial charge in [0.2, 0.25) is 0 Å². The number of aromatic carboxylic acids is 1. The minimum absolute atomic E-state index is 0.0245. The average Bonchev–Trinajstić information content (AvgIpc) is 3.10. The van der Waals surface area contributed by atoms with Gasteiger partial charge in [-0.2, -0.15) is 0 Å². The largest absolute Gasteiger partial charge is 0.476 e. The molecule has 2 aliphatic rings. The smallest absolute Gasteiger partial charge is 0.358 e. The number of carbonyl (C=O) groups is 1. The Morgan fingerprint density at radius 3 is 2.76 bits per heavy atom. The highest BCUT2D eigenvalue weighted by Gasteiger charge is 2.40. The Kier molecular flexibility index (Phi) is 2.80. The molecule has 2 saturated carbocycles. The van der Waals surface area contributed by atoms with Gasteiger partial charge in [-0.25, -0.2) is 4.79 Å². The summed E-state index contributed by atoms with van der Waals surface area (Å²) >= 11 is 0. The van der Waals surface area contributed by atoms with E-state index in [2.05, 4.69) is 15.5 Å². The Bertz CT molecular complexity index is 716. The van der Waals surface area contributed by atoms with Crippen LogP contribution < -0.4 is 5.32 Å². The lowest BCUT2D eigenvalue weighted by atomic mass is 9.95. The highest BCUT2D eigenvalue weighted by Crippen LogP contribution is 2.46. The summed E-state index contributed by atoms with van der Waals surface area (Å²) in [5.41, 5.74) is 1.38. The molecule has 3 unspecified atom stereocenters. The molecule has 1 aromatic carbocycles. The van der Waals surface area contributed by atoms with E-state index in [9.17, 15) is 9.90 Å². The van der Waals surface area contributed by atoms with Crippen LogP contribution in [0.25, 0.3) is 10.9 Å². The molecule has 0 aliphatic heterocycles. The molecule has 2 fully saturated rings. The summed E-state index contributed by atoms with van der Waals surface area (Å²) in [5.74, 6) is 0.448. The molecule has 3 atom stereocenters. The number of rotatable bonds is 3. The SMILES string of the molecule is O=C(O)c1nnc2ccccc2c1NC1CC2CCC1C2. The molecule has 4 rings (SSSR count). The second-order valence-electron chi connectivity index (χ2n) is 6.17. The van der Waals surface area contributed by atoms with Crippen molar-refractivity contribution < 1.29 is 9.90 Å². The second-order valence-corrected chi connectivity index (χ2v) is 6.17. The monoisotopic (exact) mass is 283 g/mol. The van der Waals surface area contributed by atoms with Gasteiger partial charge in [-0.3, -0.25) is 0 Å². The first-order valence-electron chi connectivity index (χ1n) is 7.47. The maximum Gasteiger partial charge on any atom is 0.358 e. The van der Waals surface area contributed by atoms with Crippen LogP contribution in [0, 0.1) is 11.8 Å². The molecule has 21 heavy (non-hydrogen) atoms. The summed E-state index contributed by atoms with van der Waals surface area (Å²) in [4.78, 5) is 11.5. The summed E-state index contributed by atoms with van der Waals surface area (Å²) in [7, 11) is 0. The van der Waals surface area contributed by atoms with Gasteiger partial charge in [0, 0.05) is 11.4 Å². The van der Waals surface area contributed by atoms with E-state index in [4.69, 9.17) is 0 Å². The fraction of sp³-hybridized carbons (Fsp3) is 0.438. The molecule has 5 nitrogen and oxygen atoms in total. The molecule has 0 radical (unpaired) electrons. The maximum atomic E-state index is 11.5. The van der Waals surface area contributed by atoms with E-state index < -0.39 is 5.97 Å². The van der Waals surface area contributed by atoms with Crippen molar-refractivity contribution in [1.82, 2.24) is 10.2 Å². The van der Waals surface area contributed by atoms with Crippen molar-refractivity contribution in [3.63, 3.8) is 0 Å². The van der Waals surface area contributed by atoms with Crippen molar-refractivity contribution >= 4 is 22.6 Å². The van der Waals surface area contributed by atoms with E-state index in [1.807, 2.05) is 24.3 Å². The van der Waals surface area contributed by atoms with Crippen molar-refractivity contribution in [3.05, 3.63) is 30.0 Å². The first-order valence-corrected chi connectivity index (χ1v) is 7.47. The second kappa shape index (κ2) is 4.69. The lowest BCUT2D eigenvalue weighted by Crippen LogP contribution is -2.27. The van der Waals surface area contributed by atoms with E-state index in [0.29, 0.717) is 17.6 Å². The van der Waals surface area contributed by atoms with E-state index in [1.165, 1.54) is 19.3 Å². The van der Waals surface area contributed by atoms with Gasteiger partial charge in [0.1, 0.15) is 0 Å². The minimum Gasteiger partial charge on any atom is -0.476 e. The number of nitrogens with one attached hydrogen (secondary N) is 1. The molecule has 1 aromatic heterocycles. The average molecular weight is 283 g/mol. The van der Waals surface area contributed by atoms with E-state index >= 15 is 0 Å². The molecule has 2 bridgehead atoms. The number of carboxylic acid groups (broad SMARTS) is 1. The van der Waals surface area contributed by atoms with Crippen LogP contribution in [0.3, 0.4) is 0 Å². The predicted octanol–water partition coefficient (Wildman–Crippen LogP) is 2.93. The lowest BCUT2D eigenvalue weighted by molar-refractivity contribution is 0.0690. The Hall–Kier alpha value is -2.17. The summed E-state index contributed by atoms with van der Waals surface area (Å²) in [6.07, 6.45) is 4.99. The lowest BCUT2D eigenvalue weighted by Gasteiger charge is -2.25. The van der Waals surface area contributed by atoms with Crippen molar-refractivity contribution in [3.8, 4) is 0 Å². The van der Waals surface area contributed by atoms with Crippen LogP contribution in [0.1, 0.15) is 36.2 Å².